The number of rotatable bonds is 5. The van der Waals surface area contributed by atoms with Gasteiger partial charge in [0.25, 0.3) is 0 Å². The van der Waals surface area contributed by atoms with E-state index in [4.69, 9.17) is 5.11 Å². The van der Waals surface area contributed by atoms with E-state index in [1.165, 1.54) is 5.57 Å². The van der Waals surface area contributed by atoms with Crippen LogP contribution >= 0.6 is 0 Å². The van der Waals surface area contributed by atoms with Gasteiger partial charge in [-0.3, -0.25) is 4.79 Å². The van der Waals surface area contributed by atoms with Gasteiger partial charge in [-0.15, -0.1) is 0 Å². The monoisotopic (exact) mass is 290 g/mol. The van der Waals surface area contributed by atoms with E-state index in [1.54, 1.807) is 18.2 Å². The molecule has 21 heavy (non-hydrogen) atoms. The van der Waals surface area contributed by atoms with Crippen molar-refractivity contribution in [3.63, 3.8) is 0 Å². The van der Waals surface area contributed by atoms with Gasteiger partial charge in [-0.05, 0) is 48.8 Å². The molecule has 2 aliphatic rings. The summed E-state index contributed by atoms with van der Waals surface area (Å²) in [6.45, 7) is 2.09. The number of hydrogen-bond donors (Lipinski definition) is 3. The number of hydrogen-bond acceptors (Lipinski definition) is 3. The lowest BCUT2D eigenvalue weighted by molar-refractivity contribution is -0.137. The molecule has 0 amide bonds. The number of allylic oxidation sites excluding steroid dienone is 7. The molecule has 0 aliphatic heterocycles. The second-order valence-corrected chi connectivity index (χ2v) is 5.99. The van der Waals surface area contributed by atoms with Crippen molar-refractivity contribution in [2.45, 2.75) is 39.0 Å². The molecule has 0 fully saturated rings. The summed E-state index contributed by atoms with van der Waals surface area (Å²) < 4.78 is 0. The minimum Gasteiger partial charge on any atom is -0.512 e. The standard InChI is InChI=1S/C17H22O4/c1-17(11-10-16(20)21,12-2-6-14(18)7-3-12)13-4-8-15(19)9-5-13/h2,4,6-8,12,18-19H,3,5,9-11H2,1H3,(H,20,21). The molecular weight excluding hydrogens is 268 g/mol. The second kappa shape index (κ2) is 6.20. The van der Waals surface area contributed by atoms with Crippen LogP contribution in [0.1, 0.15) is 39.0 Å². The van der Waals surface area contributed by atoms with Crippen LogP contribution in [0.2, 0.25) is 0 Å². The third-order valence-corrected chi connectivity index (χ3v) is 4.62. The summed E-state index contributed by atoms with van der Waals surface area (Å²) in [6, 6.07) is 0. The molecule has 0 saturated carbocycles. The first-order valence-electron chi connectivity index (χ1n) is 7.30. The minimum atomic E-state index is -0.797. The van der Waals surface area contributed by atoms with Crippen LogP contribution in [-0.4, -0.2) is 21.3 Å². The van der Waals surface area contributed by atoms with Crippen molar-refractivity contribution >= 4 is 5.97 Å². The van der Waals surface area contributed by atoms with Crippen molar-refractivity contribution in [1.29, 1.82) is 0 Å². The van der Waals surface area contributed by atoms with Crippen molar-refractivity contribution in [3.8, 4) is 0 Å². The van der Waals surface area contributed by atoms with Gasteiger partial charge in [-0.1, -0.05) is 24.6 Å². The lowest BCUT2D eigenvalue weighted by Gasteiger charge is -2.40. The number of aliphatic hydroxyl groups excluding tert-OH is 2. The highest BCUT2D eigenvalue weighted by Crippen LogP contribution is 2.46. The van der Waals surface area contributed by atoms with E-state index in [0.29, 0.717) is 25.0 Å². The van der Waals surface area contributed by atoms with E-state index in [0.717, 1.165) is 6.42 Å². The van der Waals surface area contributed by atoms with Crippen LogP contribution < -0.4 is 0 Å². The van der Waals surface area contributed by atoms with Gasteiger partial charge in [0, 0.05) is 12.8 Å². The van der Waals surface area contributed by atoms with Crippen LogP contribution in [-0.2, 0) is 4.79 Å². The summed E-state index contributed by atoms with van der Waals surface area (Å²) in [4.78, 5) is 11.0. The molecule has 0 aromatic carbocycles. The Morgan fingerprint density at radius 1 is 1.33 bits per heavy atom. The summed E-state index contributed by atoms with van der Waals surface area (Å²) in [5, 5.41) is 28.0. The van der Waals surface area contributed by atoms with E-state index in [2.05, 4.69) is 6.92 Å². The Kier molecular flexibility index (Phi) is 4.56. The quantitative estimate of drug-likeness (QED) is 0.714. The van der Waals surface area contributed by atoms with E-state index in [-0.39, 0.29) is 23.5 Å². The topological polar surface area (TPSA) is 77.8 Å². The SMILES string of the molecule is CC(CCC(=O)O)(C1=CC=C(O)CC1)C1C=CC(O)=CC1. The van der Waals surface area contributed by atoms with Crippen LogP contribution in [0, 0.1) is 11.3 Å². The molecule has 0 radical (unpaired) electrons. The average Bonchev–Trinajstić information content (AvgIpc) is 2.46. The fraction of sp³-hybridized carbons (Fsp3) is 0.471. The summed E-state index contributed by atoms with van der Waals surface area (Å²) >= 11 is 0. The van der Waals surface area contributed by atoms with Crippen molar-refractivity contribution < 1.29 is 20.1 Å². The average molecular weight is 290 g/mol. The number of aliphatic carboxylic acids is 1. The first kappa shape index (κ1) is 15.4. The molecule has 0 aromatic rings. The van der Waals surface area contributed by atoms with Gasteiger partial charge < -0.3 is 15.3 Å². The van der Waals surface area contributed by atoms with Crippen molar-refractivity contribution in [2.75, 3.05) is 0 Å². The summed E-state index contributed by atoms with van der Waals surface area (Å²) in [5.41, 5.74) is 0.898. The largest absolute Gasteiger partial charge is 0.512 e. The Morgan fingerprint density at radius 3 is 2.62 bits per heavy atom. The van der Waals surface area contributed by atoms with E-state index >= 15 is 0 Å². The highest BCUT2D eigenvalue weighted by Gasteiger charge is 2.37. The maximum Gasteiger partial charge on any atom is 0.303 e. The number of carboxylic acid groups (broad SMARTS) is 1. The molecule has 0 saturated heterocycles. The molecule has 0 spiro atoms. The summed E-state index contributed by atoms with van der Waals surface area (Å²) in [6.07, 6.45) is 11.8. The molecule has 4 nitrogen and oxygen atoms in total. The van der Waals surface area contributed by atoms with Gasteiger partial charge in [-0.25, -0.2) is 0 Å². The first-order valence-corrected chi connectivity index (χ1v) is 7.30. The lowest BCUT2D eigenvalue weighted by atomic mass is 9.64. The fourth-order valence-corrected chi connectivity index (χ4v) is 3.13. The molecule has 2 unspecified atom stereocenters. The van der Waals surface area contributed by atoms with Gasteiger partial charge in [-0.2, -0.15) is 0 Å². The molecule has 3 N–H and O–H groups in total. The zero-order valence-electron chi connectivity index (χ0n) is 12.2. The maximum absolute atomic E-state index is 11.0. The molecule has 2 rings (SSSR count). The van der Waals surface area contributed by atoms with E-state index in [9.17, 15) is 15.0 Å². The van der Waals surface area contributed by atoms with E-state index in [1.807, 2.05) is 12.2 Å². The second-order valence-electron chi connectivity index (χ2n) is 5.99. The van der Waals surface area contributed by atoms with Crippen LogP contribution in [0.15, 0.2) is 47.5 Å². The molecule has 2 atom stereocenters. The van der Waals surface area contributed by atoms with Crippen LogP contribution in [0.25, 0.3) is 0 Å². The van der Waals surface area contributed by atoms with Crippen molar-refractivity contribution in [3.05, 3.63) is 47.5 Å². The van der Waals surface area contributed by atoms with Crippen LogP contribution in [0.4, 0.5) is 0 Å². The van der Waals surface area contributed by atoms with Gasteiger partial charge in [0.2, 0.25) is 0 Å². The number of carbonyl (C=O) groups is 1. The minimum absolute atomic E-state index is 0.115. The predicted octanol–water partition coefficient (Wildman–Crippen LogP) is 4.04. The molecule has 4 heteroatoms. The Morgan fingerprint density at radius 2 is 2.10 bits per heavy atom. The van der Waals surface area contributed by atoms with Gasteiger partial charge in [0.15, 0.2) is 0 Å². The highest BCUT2D eigenvalue weighted by atomic mass is 16.4. The van der Waals surface area contributed by atoms with Gasteiger partial charge >= 0.3 is 5.97 Å². The zero-order chi connectivity index (χ0) is 15.5. The number of carboxylic acids is 1. The van der Waals surface area contributed by atoms with Crippen LogP contribution in [0.3, 0.4) is 0 Å². The van der Waals surface area contributed by atoms with Crippen molar-refractivity contribution in [2.24, 2.45) is 11.3 Å². The highest BCUT2D eigenvalue weighted by molar-refractivity contribution is 5.66. The smallest absolute Gasteiger partial charge is 0.303 e. The maximum atomic E-state index is 11.0. The Hall–Kier alpha value is -1.97. The molecule has 114 valence electrons. The van der Waals surface area contributed by atoms with E-state index < -0.39 is 5.97 Å². The molecule has 0 aromatic heterocycles. The van der Waals surface area contributed by atoms with Crippen molar-refractivity contribution in [1.82, 2.24) is 0 Å². The summed E-state index contributed by atoms with van der Waals surface area (Å²) in [5.74, 6) is -0.0000883. The lowest BCUT2D eigenvalue weighted by Crippen LogP contribution is -2.31. The molecule has 0 bridgehead atoms. The van der Waals surface area contributed by atoms with Crippen LogP contribution in [0.5, 0.6) is 0 Å². The normalized spacial score (nSPS) is 24.6. The molecule has 2 aliphatic carbocycles. The Bertz CT molecular complexity index is 539. The predicted molar refractivity (Wildman–Crippen MR) is 81.0 cm³/mol. The first-order chi connectivity index (χ1) is 9.91. The molecule has 0 heterocycles. The van der Waals surface area contributed by atoms with Gasteiger partial charge in [0.1, 0.15) is 5.76 Å². The third-order valence-electron chi connectivity index (χ3n) is 4.62. The fourth-order valence-electron chi connectivity index (χ4n) is 3.13. The number of aliphatic hydroxyl groups is 2. The third kappa shape index (κ3) is 3.57. The van der Waals surface area contributed by atoms with Gasteiger partial charge in [0.05, 0.1) is 5.76 Å². The summed E-state index contributed by atoms with van der Waals surface area (Å²) in [7, 11) is 0. The Labute approximate surface area is 124 Å². The Balaban J connectivity index is 2.26. The zero-order valence-corrected chi connectivity index (χ0v) is 12.2. The molecular formula is C17H22O4.